The van der Waals surface area contributed by atoms with E-state index in [1.807, 2.05) is 12.1 Å². The zero-order valence-corrected chi connectivity index (χ0v) is 9.91. The number of aromatic nitrogens is 2. The third-order valence-corrected chi connectivity index (χ3v) is 2.65. The predicted molar refractivity (Wildman–Crippen MR) is 63.0 cm³/mol. The molecule has 3 nitrogen and oxygen atoms in total. The predicted octanol–water partition coefficient (Wildman–Crippen LogP) is 2.50. The fourth-order valence-electron chi connectivity index (χ4n) is 1.39. The molecule has 1 aromatic heterocycles. The van der Waals surface area contributed by atoms with Gasteiger partial charge in [0.25, 0.3) is 0 Å². The Kier molecular flexibility index (Phi) is 3.26. The number of nitrogens with two attached hydrogens (primary N) is 1. The van der Waals surface area contributed by atoms with Crippen molar-refractivity contribution in [3.05, 3.63) is 46.6 Å². The molecule has 0 saturated carbocycles. The molecule has 2 N–H and O–H groups in total. The summed E-state index contributed by atoms with van der Waals surface area (Å²) >= 11 is 3.33. The van der Waals surface area contributed by atoms with Crippen LogP contribution >= 0.6 is 15.9 Å². The number of halogens is 2. The molecule has 0 unspecified atom stereocenters. The van der Waals surface area contributed by atoms with Gasteiger partial charge in [0.15, 0.2) is 5.82 Å². The Labute approximate surface area is 101 Å². The van der Waals surface area contributed by atoms with Gasteiger partial charge in [-0.3, -0.25) is 0 Å². The van der Waals surface area contributed by atoms with Gasteiger partial charge in [0.05, 0.1) is 5.69 Å². The highest BCUT2D eigenvalue weighted by atomic mass is 79.9. The Bertz CT molecular complexity index is 516. The molecular formula is C11H9BrFN3. The van der Waals surface area contributed by atoms with E-state index in [2.05, 4.69) is 25.9 Å². The van der Waals surface area contributed by atoms with Gasteiger partial charge >= 0.3 is 0 Å². The van der Waals surface area contributed by atoms with Gasteiger partial charge in [-0.2, -0.15) is 0 Å². The van der Waals surface area contributed by atoms with Crippen LogP contribution in [-0.4, -0.2) is 9.97 Å². The zero-order chi connectivity index (χ0) is 11.5. The second-order valence-corrected chi connectivity index (χ2v) is 4.11. The first-order valence-electron chi connectivity index (χ1n) is 4.67. The van der Waals surface area contributed by atoms with E-state index in [0.717, 1.165) is 4.47 Å². The van der Waals surface area contributed by atoms with Crippen molar-refractivity contribution in [3.8, 4) is 11.3 Å². The highest BCUT2D eigenvalue weighted by molar-refractivity contribution is 9.10. The summed E-state index contributed by atoms with van der Waals surface area (Å²) in [7, 11) is 0. The zero-order valence-electron chi connectivity index (χ0n) is 8.32. The molecule has 16 heavy (non-hydrogen) atoms. The summed E-state index contributed by atoms with van der Waals surface area (Å²) < 4.78 is 14.7. The number of hydrogen-bond donors (Lipinski definition) is 1. The third kappa shape index (κ3) is 2.10. The molecule has 0 amide bonds. The number of rotatable bonds is 2. The van der Waals surface area contributed by atoms with E-state index >= 15 is 0 Å². The molecule has 0 aliphatic heterocycles. The lowest BCUT2D eigenvalue weighted by Crippen LogP contribution is -2.05. The standard InChI is InChI=1S/C11H9BrFN3/c12-8-3-1-2-7(4-8)11-10(13)9(5-14)15-6-16-11/h1-4,6H,5,14H2. The highest BCUT2D eigenvalue weighted by Gasteiger charge is 2.11. The number of nitrogens with zero attached hydrogens (tertiary/aromatic N) is 2. The maximum absolute atomic E-state index is 13.9. The maximum atomic E-state index is 13.9. The van der Waals surface area contributed by atoms with E-state index < -0.39 is 5.82 Å². The first kappa shape index (κ1) is 11.2. The molecular weight excluding hydrogens is 273 g/mol. The lowest BCUT2D eigenvalue weighted by molar-refractivity contribution is 0.596. The lowest BCUT2D eigenvalue weighted by atomic mass is 10.1. The van der Waals surface area contributed by atoms with Crippen LogP contribution in [0.4, 0.5) is 4.39 Å². The van der Waals surface area contributed by atoms with Crippen LogP contribution in [-0.2, 0) is 6.54 Å². The van der Waals surface area contributed by atoms with Gasteiger partial charge in [-0.15, -0.1) is 0 Å². The van der Waals surface area contributed by atoms with Crippen molar-refractivity contribution >= 4 is 15.9 Å². The Hall–Kier alpha value is -1.33. The molecule has 82 valence electrons. The number of benzene rings is 1. The molecule has 1 aromatic carbocycles. The van der Waals surface area contributed by atoms with Gasteiger partial charge < -0.3 is 5.73 Å². The highest BCUT2D eigenvalue weighted by Crippen LogP contribution is 2.24. The molecule has 2 rings (SSSR count). The summed E-state index contributed by atoms with van der Waals surface area (Å²) in [6.07, 6.45) is 1.32. The quantitative estimate of drug-likeness (QED) is 0.920. The van der Waals surface area contributed by atoms with E-state index in [-0.39, 0.29) is 17.9 Å². The first-order valence-corrected chi connectivity index (χ1v) is 5.47. The van der Waals surface area contributed by atoms with Crippen LogP contribution in [0.15, 0.2) is 35.1 Å². The van der Waals surface area contributed by atoms with Crippen LogP contribution in [0.2, 0.25) is 0 Å². The van der Waals surface area contributed by atoms with Crippen LogP contribution in [0.5, 0.6) is 0 Å². The van der Waals surface area contributed by atoms with Crippen LogP contribution in [0.1, 0.15) is 5.69 Å². The average molecular weight is 282 g/mol. The normalized spacial score (nSPS) is 10.4. The minimum atomic E-state index is -0.455. The van der Waals surface area contributed by atoms with Crippen molar-refractivity contribution < 1.29 is 4.39 Å². The van der Waals surface area contributed by atoms with Gasteiger partial charge in [0.1, 0.15) is 12.0 Å². The number of hydrogen-bond acceptors (Lipinski definition) is 3. The van der Waals surface area contributed by atoms with Crippen molar-refractivity contribution in [3.63, 3.8) is 0 Å². The van der Waals surface area contributed by atoms with Crippen molar-refractivity contribution in [2.45, 2.75) is 6.54 Å². The Balaban J connectivity index is 2.56. The van der Waals surface area contributed by atoms with Gasteiger partial charge in [-0.05, 0) is 12.1 Å². The molecule has 0 aliphatic rings. The van der Waals surface area contributed by atoms with E-state index in [9.17, 15) is 4.39 Å². The van der Waals surface area contributed by atoms with Gasteiger partial charge in [-0.25, -0.2) is 14.4 Å². The van der Waals surface area contributed by atoms with Crippen LogP contribution < -0.4 is 5.73 Å². The second kappa shape index (κ2) is 4.67. The monoisotopic (exact) mass is 281 g/mol. The molecule has 1 heterocycles. The SMILES string of the molecule is NCc1ncnc(-c2cccc(Br)c2)c1F. The minimum absolute atomic E-state index is 0.0648. The van der Waals surface area contributed by atoms with Crippen LogP contribution in [0.3, 0.4) is 0 Å². The van der Waals surface area contributed by atoms with Crippen molar-refractivity contribution in [2.75, 3.05) is 0 Å². The van der Waals surface area contributed by atoms with Gasteiger partial charge in [-0.1, -0.05) is 28.1 Å². The Morgan fingerprint density at radius 1 is 1.31 bits per heavy atom. The second-order valence-electron chi connectivity index (χ2n) is 3.20. The van der Waals surface area contributed by atoms with Crippen molar-refractivity contribution in [1.82, 2.24) is 9.97 Å². The molecule has 0 aliphatic carbocycles. The lowest BCUT2D eigenvalue weighted by Gasteiger charge is -2.05. The summed E-state index contributed by atoms with van der Waals surface area (Å²) in [6, 6.07) is 7.28. The minimum Gasteiger partial charge on any atom is -0.325 e. The van der Waals surface area contributed by atoms with Crippen molar-refractivity contribution in [1.29, 1.82) is 0 Å². The van der Waals surface area contributed by atoms with E-state index in [1.165, 1.54) is 6.33 Å². The van der Waals surface area contributed by atoms with Gasteiger partial charge in [0.2, 0.25) is 0 Å². The van der Waals surface area contributed by atoms with E-state index in [4.69, 9.17) is 5.73 Å². The Morgan fingerprint density at radius 3 is 2.81 bits per heavy atom. The van der Waals surface area contributed by atoms with Gasteiger partial charge in [0, 0.05) is 16.6 Å². The van der Waals surface area contributed by atoms with E-state index in [1.54, 1.807) is 12.1 Å². The topological polar surface area (TPSA) is 51.8 Å². The summed E-state index contributed by atoms with van der Waals surface area (Å²) in [4.78, 5) is 7.72. The summed E-state index contributed by atoms with van der Waals surface area (Å²) in [5, 5.41) is 0. The molecule has 0 atom stereocenters. The van der Waals surface area contributed by atoms with Crippen LogP contribution in [0.25, 0.3) is 11.3 Å². The maximum Gasteiger partial charge on any atom is 0.172 e. The molecule has 0 radical (unpaired) electrons. The molecule has 0 fully saturated rings. The first-order chi connectivity index (χ1) is 7.72. The largest absolute Gasteiger partial charge is 0.325 e. The average Bonchev–Trinajstić information content (AvgIpc) is 2.29. The molecule has 0 bridgehead atoms. The third-order valence-electron chi connectivity index (χ3n) is 2.15. The Morgan fingerprint density at radius 2 is 2.12 bits per heavy atom. The fraction of sp³-hybridized carbons (Fsp3) is 0.0909. The van der Waals surface area contributed by atoms with Crippen molar-refractivity contribution in [2.24, 2.45) is 5.73 Å². The molecule has 5 heteroatoms. The summed E-state index contributed by atoms with van der Waals surface area (Å²) in [5.41, 5.74) is 6.59. The van der Waals surface area contributed by atoms with Crippen LogP contribution in [0, 0.1) is 5.82 Å². The summed E-state index contributed by atoms with van der Waals surface area (Å²) in [5.74, 6) is -0.455. The smallest absolute Gasteiger partial charge is 0.172 e. The molecule has 2 aromatic rings. The summed E-state index contributed by atoms with van der Waals surface area (Å²) in [6.45, 7) is 0.0648. The molecule has 0 saturated heterocycles. The fourth-order valence-corrected chi connectivity index (χ4v) is 1.78. The van der Waals surface area contributed by atoms with E-state index in [0.29, 0.717) is 5.56 Å². The molecule has 0 spiro atoms.